The van der Waals surface area contributed by atoms with Crippen LogP contribution < -0.4 is 10.2 Å². The fourth-order valence-corrected chi connectivity index (χ4v) is 10.7. The summed E-state index contributed by atoms with van der Waals surface area (Å²) < 4.78 is 23.4. The van der Waals surface area contributed by atoms with Crippen molar-refractivity contribution in [3.8, 4) is 0 Å². The summed E-state index contributed by atoms with van der Waals surface area (Å²) in [5.74, 6) is -0.159. The Morgan fingerprint density at radius 1 is 0.467 bits per heavy atom. The molecule has 75 heavy (non-hydrogen) atoms. The third-order valence-corrected chi connectivity index (χ3v) is 16.1. The third-order valence-electron chi connectivity index (χ3n) is 15.1. The highest BCUT2D eigenvalue weighted by atomic mass is 31.2. The van der Waals surface area contributed by atoms with Crippen LogP contribution in [0.2, 0.25) is 0 Å². The van der Waals surface area contributed by atoms with E-state index >= 15 is 0 Å². The van der Waals surface area contributed by atoms with E-state index in [4.69, 9.17) is 9.05 Å². The first-order chi connectivity index (χ1) is 36.5. The summed E-state index contributed by atoms with van der Waals surface area (Å²) >= 11 is 0. The first-order valence-electron chi connectivity index (χ1n) is 32.8. The molecule has 0 saturated carbocycles. The van der Waals surface area contributed by atoms with Gasteiger partial charge in [-0.3, -0.25) is 9.36 Å². The summed E-state index contributed by atoms with van der Waals surface area (Å²) in [4.78, 5) is 25.5. The second-order valence-corrected chi connectivity index (χ2v) is 25.2. The Morgan fingerprint density at radius 2 is 0.773 bits per heavy atom. The number of aliphatic hydroxyl groups is 1. The van der Waals surface area contributed by atoms with E-state index in [1.165, 1.54) is 250 Å². The molecule has 0 aliphatic rings. The zero-order chi connectivity index (χ0) is 54.9. The number of hydrogen-bond donors (Lipinski definition) is 2. The van der Waals surface area contributed by atoms with Gasteiger partial charge in [-0.05, 0) is 51.4 Å². The number of phosphoric acid groups is 1. The molecule has 0 rings (SSSR count). The van der Waals surface area contributed by atoms with E-state index in [9.17, 15) is 19.4 Å². The number of unbranched alkanes of at least 4 members (excludes halogenated alkanes) is 42. The van der Waals surface area contributed by atoms with Crippen molar-refractivity contribution in [3.63, 3.8) is 0 Å². The Balaban J connectivity index is 3.86. The highest BCUT2D eigenvalue weighted by molar-refractivity contribution is 7.45. The average molecular weight is 1080 g/mol. The number of phosphoric ester groups is 1. The van der Waals surface area contributed by atoms with Crippen LogP contribution in [0, 0.1) is 0 Å². The molecule has 0 spiro atoms. The minimum absolute atomic E-state index is 0.0145. The summed E-state index contributed by atoms with van der Waals surface area (Å²) in [6.45, 7) is 4.74. The van der Waals surface area contributed by atoms with E-state index in [0.29, 0.717) is 23.9 Å². The van der Waals surface area contributed by atoms with Gasteiger partial charge in [-0.15, -0.1) is 0 Å². The molecule has 0 aliphatic carbocycles. The fraction of sp³-hybridized carbons (Fsp3) is 0.894. The highest BCUT2D eigenvalue weighted by Crippen LogP contribution is 2.38. The topological polar surface area (TPSA) is 108 Å². The van der Waals surface area contributed by atoms with Crippen molar-refractivity contribution in [3.05, 3.63) is 36.5 Å². The Labute approximate surface area is 467 Å². The van der Waals surface area contributed by atoms with Crippen LogP contribution in [0.1, 0.15) is 328 Å². The highest BCUT2D eigenvalue weighted by Gasteiger charge is 2.24. The molecule has 3 unspecified atom stereocenters. The summed E-state index contributed by atoms with van der Waals surface area (Å²) in [5.41, 5.74) is 0. The van der Waals surface area contributed by atoms with Crippen LogP contribution in [-0.4, -0.2) is 68.5 Å². The van der Waals surface area contributed by atoms with Crippen LogP contribution >= 0.6 is 7.82 Å². The van der Waals surface area contributed by atoms with Gasteiger partial charge in [0.05, 0.1) is 39.9 Å². The minimum Gasteiger partial charge on any atom is -0.756 e. The molecule has 0 aromatic heterocycles. The molecule has 0 fully saturated rings. The van der Waals surface area contributed by atoms with Gasteiger partial charge >= 0.3 is 0 Å². The SMILES string of the molecule is CCCCCCC/C=C\C/C=C\C/C=C\CCCCCCCCCCCCCCCCCCCCCCCCCCC(=O)NC(COP(=O)([O-])OCC[N+](C)(C)C)C(O)CCCCCCCCCCCCCCCC. The second kappa shape index (κ2) is 57.4. The molecule has 0 aromatic rings. The summed E-state index contributed by atoms with van der Waals surface area (Å²) in [7, 11) is 1.32. The lowest BCUT2D eigenvalue weighted by atomic mass is 10.0. The van der Waals surface area contributed by atoms with Gasteiger partial charge in [0.1, 0.15) is 13.2 Å². The number of likely N-dealkylation sites (N-methyl/N-ethyl adjacent to an activating group) is 1. The average Bonchev–Trinajstić information content (AvgIpc) is 3.37. The van der Waals surface area contributed by atoms with Crippen LogP contribution in [0.4, 0.5) is 0 Å². The molecule has 0 aromatic carbocycles. The van der Waals surface area contributed by atoms with Crippen LogP contribution in [0.3, 0.4) is 0 Å². The molecule has 0 aliphatic heterocycles. The van der Waals surface area contributed by atoms with Gasteiger partial charge < -0.3 is 28.8 Å². The van der Waals surface area contributed by atoms with Gasteiger partial charge in [0.25, 0.3) is 7.82 Å². The number of amides is 1. The first kappa shape index (κ1) is 73.7. The molecule has 9 heteroatoms. The minimum atomic E-state index is -4.57. The molecule has 0 saturated heterocycles. The van der Waals surface area contributed by atoms with E-state index in [1.54, 1.807) is 0 Å². The van der Waals surface area contributed by atoms with E-state index in [0.717, 1.165) is 51.4 Å². The fourth-order valence-electron chi connectivity index (χ4n) is 9.99. The van der Waals surface area contributed by atoms with Gasteiger partial charge in [0, 0.05) is 6.42 Å². The molecule has 0 bridgehead atoms. The van der Waals surface area contributed by atoms with Crippen LogP contribution in [-0.2, 0) is 18.4 Å². The molecule has 0 radical (unpaired) electrons. The number of rotatable bonds is 61. The monoisotopic (exact) mass is 1080 g/mol. The Hall–Kier alpha value is -1.28. The normalized spacial score (nSPS) is 14.0. The summed E-state index contributed by atoms with van der Waals surface area (Å²) in [6.07, 6.45) is 75.0. The summed E-state index contributed by atoms with van der Waals surface area (Å²) in [6, 6.07) is -0.798. The Morgan fingerprint density at radius 3 is 1.12 bits per heavy atom. The van der Waals surface area contributed by atoms with Crippen molar-refractivity contribution in [2.45, 2.75) is 341 Å². The van der Waals surface area contributed by atoms with Crippen molar-refractivity contribution in [2.24, 2.45) is 0 Å². The van der Waals surface area contributed by atoms with Crippen LogP contribution in [0.25, 0.3) is 0 Å². The predicted octanol–water partition coefficient (Wildman–Crippen LogP) is 19.9. The van der Waals surface area contributed by atoms with Gasteiger partial charge in [0.2, 0.25) is 5.91 Å². The van der Waals surface area contributed by atoms with E-state index in [1.807, 2.05) is 21.1 Å². The van der Waals surface area contributed by atoms with Crippen molar-refractivity contribution in [1.82, 2.24) is 5.32 Å². The number of nitrogens with zero attached hydrogens (tertiary/aromatic N) is 1. The first-order valence-corrected chi connectivity index (χ1v) is 34.3. The number of quaternary nitrogens is 1. The molecule has 3 atom stereocenters. The van der Waals surface area contributed by atoms with Crippen molar-refractivity contribution in [2.75, 3.05) is 40.9 Å². The van der Waals surface area contributed by atoms with E-state index in [-0.39, 0.29) is 19.1 Å². The van der Waals surface area contributed by atoms with Crippen molar-refractivity contribution < 1.29 is 32.9 Å². The standard InChI is InChI=1S/C66H129N2O6P/c1-6-8-10-12-14-16-18-20-22-23-24-25-26-27-28-29-30-31-32-33-34-35-36-37-38-39-40-41-42-43-44-45-46-48-50-52-54-56-58-60-66(70)67-64(63-74-75(71,72)73-62-61-68(3,4)5)65(69)59-57-55-53-51-49-47-21-19-17-15-13-11-9-7-2/h18,20,23-24,26-27,64-65,69H,6-17,19,21-22,25,28-63H2,1-5H3,(H-,67,70,71,72)/b20-18-,24-23-,27-26-. The molecular weight excluding hydrogens is 948 g/mol. The largest absolute Gasteiger partial charge is 0.756 e. The molecule has 1 amide bonds. The zero-order valence-corrected chi connectivity index (χ0v) is 51.7. The number of hydrogen-bond acceptors (Lipinski definition) is 6. The quantitative estimate of drug-likeness (QED) is 0.0272. The maximum absolute atomic E-state index is 13.0. The zero-order valence-electron chi connectivity index (χ0n) is 50.8. The van der Waals surface area contributed by atoms with Gasteiger partial charge in [-0.2, -0.15) is 0 Å². The van der Waals surface area contributed by atoms with E-state index in [2.05, 4.69) is 55.6 Å². The van der Waals surface area contributed by atoms with Gasteiger partial charge in [-0.1, -0.05) is 307 Å². The van der Waals surface area contributed by atoms with E-state index < -0.39 is 20.0 Å². The number of aliphatic hydroxyl groups excluding tert-OH is 1. The summed E-state index contributed by atoms with van der Waals surface area (Å²) in [5, 5.41) is 14.0. The smallest absolute Gasteiger partial charge is 0.268 e. The number of carbonyl (C=O) groups excluding carboxylic acids is 1. The lowest BCUT2D eigenvalue weighted by Gasteiger charge is -2.30. The number of allylic oxidation sites excluding steroid dienone is 6. The maximum atomic E-state index is 13.0. The molecule has 444 valence electrons. The maximum Gasteiger partial charge on any atom is 0.268 e. The van der Waals surface area contributed by atoms with Gasteiger partial charge in [-0.25, -0.2) is 0 Å². The number of nitrogens with one attached hydrogen (secondary N) is 1. The molecule has 8 nitrogen and oxygen atoms in total. The molecular formula is C66H129N2O6P. The molecule has 2 N–H and O–H groups in total. The Bertz CT molecular complexity index is 1320. The van der Waals surface area contributed by atoms with Crippen molar-refractivity contribution in [1.29, 1.82) is 0 Å². The third kappa shape index (κ3) is 60.2. The second-order valence-electron chi connectivity index (χ2n) is 23.8. The Kier molecular flexibility index (Phi) is 56.4. The predicted molar refractivity (Wildman–Crippen MR) is 325 cm³/mol. The molecule has 0 heterocycles. The lowest BCUT2D eigenvalue weighted by Crippen LogP contribution is -2.46. The van der Waals surface area contributed by atoms with Gasteiger partial charge in [0.15, 0.2) is 0 Å². The lowest BCUT2D eigenvalue weighted by molar-refractivity contribution is -0.870. The van der Waals surface area contributed by atoms with Crippen LogP contribution in [0.15, 0.2) is 36.5 Å². The van der Waals surface area contributed by atoms with Crippen molar-refractivity contribution >= 4 is 13.7 Å². The number of carbonyl (C=O) groups is 1. The van der Waals surface area contributed by atoms with Crippen LogP contribution in [0.5, 0.6) is 0 Å².